The van der Waals surface area contributed by atoms with Gasteiger partial charge < -0.3 is 10.6 Å². The van der Waals surface area contributed by atoms with Crippen LogP contribution in [0.4, 0.5) is 5.69 Å². The van der Waals surface area contributed by atoms with Gasteiger partial charge in [0.05, 0.1) is 0 Å². The summed E-state index contributed by atoms with van der Waals surface area (Å²) in [6.45, 7) is 0. The maximum absolute atomic E-state index is 9.67. The Labute approximate surface area is 52.6 Å². The lowest BCUT2D eigenvalue weighted by atomic mass is 10.3. The van der Waals surface area contributed by atoms with Gasteiger partial charge in [-0.15, -0.1) is 0 Å². The van der Waals surface area contributed by atoms with Crippen LogP contribution in [0, 0.1) is 6.07 Å². The first-order chi connectivity index (χ1) is 4.33. The van der Waals surface area contributed by atoms with Crippen molar-refractivity contribution in [3.8, 4) is 5.75 Å². The molecule has 2 radical (unpaired) electrons. The Kier molecular flexibility index (Phi) is 1.55. The topological polar surface area (TPSA) is 55.1 Å². The lowest BCUT2D eigenvalue weighted by molar-refractivity contribution is -0.208. The Bertz CT molecular complexity index is 183. The molecule has 0 saturated carbocycles. The summed E-state index contributed by atoms with van der Waals surface area (Å²) in [5.74, 6) is 0.157. The second-order valence-electron chi connectivity index (χ2n) is 1.57. The zero-order valence-electron chi connectivity index (χ0n) is 4.63. The fourth-order valence-electron chi connectivity index (χ4n) is 0.474. The molecule has 46 valence electrons. The normalized spacial score (nSPS) is 9.00. The first kappa shape index (κ1) is 5.91. The molecule has 0 aliphatic rings. The molecule has 0 atom stereocenters. The highest BCUT2D eigenvalue weighted by molar-refractivity contribution is 5.40. The predicted octanol–water partition coefficient (Wildman–Crippen LogP) is 0.793. The summed E-state index contributed by atoms with van der Waals surface area (Å²) in [5, 5.41) is 9.67. The molecule has 0 aliphatic carbocycles. The number of anilines is 1. The second-order valence-corrected chi connectivity index (χ2v) is 1.57. The molecule has 3 heteroatoms. The van der Waals surface area contributed by atoms with E-state index in [0.29, 0.717) is 5.69 Å². The van der Waals surface area contributed by atoms with Gasteiger partial charge in [-0.1, -0.05) is 0 Å². The van der Waals surface area contributed by atoms with E-state index in [2.05, 4.69) is 11.0 Å². The van der Waals surface area contributed by atoms with Gasteiger partial charge in [0.25, 0.3) is 0 Å². The molecule has 2 N–H and O–H groups in total. The van der Waals surface area contributed by atoms with Crippen LogP contribution in [0.3, 0.4) is 0 Å². The molecule has 0 bridgehead atoms. The van der Waals surface area contributed by atoms with Gasteiger partial charge >= 0.3 is 0 Å². The van der Waals surface area contributed by atoms with Crippen LogP contribution in [0.15, 0.2) is 18.2 Å². The molecule has 0 fully saturated rings. The van der Waals surface area contributed by atoms with E-state index in [4.69, 9.17) is 5.73 Å². The highest BCUT2D eigenvalue weighted by atomic mass is 17.1. The number of benzene rings is 1. The summed E-state index contributed by atoms with van der Waals surface area (Å²) < 4.78 is 0. The third-order valence-electron chi connectivity index (χ3n) is 0.898. The van der Waals surface area contributed by atoms with Crippen LogP contribution in [0.25, 0.3) is 0 Å². The van der Waals surface area contributed by atoms with Crippen LogP contribution >= 0.6 is 0 Å². The molecular weight excluding hydrogens is 118 g/mol. The van der Waals surface area contributed by atoms with E-state index in [0.717, 1.165) is 0 Å². The number of hydrogen-bond donors (Lipinski definition) is 1. The largest absolute Gasteiger partial charge is 0.399 e. The quantitative estimate of drug-likeness (QED) is 0.341. The van der Waals surface area contributed by atoms with Crippen molar-refractivity contribution in [2.24, 2.45) is 0 Å². The number of nitrogens with two attached hydrogens (primary N) is 1. The summed E-state index contributed by atoms with van der Waals surface area (Å²) in [6, 6.07) is 7.04. The van der Waals surface area contributed by atoms with Gasteiger partial charge in [0.1, 0.15) is 0 Å². The molecule has 1 aromatic rings. The van der Waals surface area contributed by atoms with Crippen LogP contribution in [0.5, 0.6) is 5.75 Å². The second kappa shape index (κ2) is 2.37. The Morgan fingerprint density at radius 2 is 2.33 bits per heavy atom. The minimum Gasteiger partial charge on any atom is -0.399 e. The fourth-order valence-corrected chi connectivity index (χ4v) is 0.474. The van der Waals surface area contributed by atoms with Crippen molar-refractivity contribution in [2.75, 3.05) is 5.73 Å². The molecule has 1 rings (SSSR count). The van der Waals surface area contributed by atoms with Gasteiger partial charge in [-0.2, -0.15) is 0 Å². The molecule has 0 saturated heterocycles. The summed E-state index contributed by atoms with van der Waals surface area (Å²) in [4.78, 5) is 3.61. The van der Waals surface area contributed by atoms with E-state index >= 15 is 0 Å². The van der Waals surface area contributed by atoms with Crippen molar-refractivity contribution >= 4 is 5.69 Å². The summed E-state index contributed by atoms with van der Waals surface area (Å²) in [5.41, 5.74) is 5.86. The van der Waals surface area contributed by atoms with Gasteiger partial charge in [-0.05, 0) is 18.2 Å². The van der Waals surface area contributed by atoms with Crippen LogP contribution in [0.2, 0.25) is 0 Å². The molecular formula is C6H5NO2. The zero-order valence-corrected chi connectivity index (χ0v) is 4.63. The number of nitrogen functional groups attached to an aromatic ring is 1. The smallest absolute Gasteiger partial charge is 0.176 e. The third-order valence-corrected chi connectivity index (χ3v) is 0.898. The van der Waals surface area contributed by atoms with Crippen molar-refractivity contribution in [1.82, 2.24) is 0 Å². The monoisotopic (exact) mass is 123 g/mol. The zero-order chi connectivity index (χ0) is 6.69. The maximum atomic E-state index is 9.67. The molecule has 0 amide bonds. The number of rotatable bonds is 1. The summed E-state index contributed by atoms with van der Waals surface area (Å²) in [6.07, 6.45) is 0. The molecule has 0 unspecified atom stereocenters. The number of hydrogen-bond acceptors (Lipinski definition) is 2. The van der Waals surface area contributed by atoms with Crippen LogP contribution in [-0.2, 0) is 5.26 Å². The van der Waals surface area contributed by atoms with Crippen molar-refractivity contribution in [2.45, 2.75) is 0 Å². The van der Waals surface area contributed by atoms with Gasteiger partial charge in [0.2, 0.25) is 0 Å². The molecule has 3 nitrogen and oxygen atoms in total. The van der Waals surface area contributed by atoms with E-state index in [9.17, 15) is 5.26 Å². The van der Waals surface area contributed by atoms with Gasteiger partial charge in [-0.3, -0.25) is 0 Å². The molecule has 9 heavy (non-hydrogen) atoms. The van der Waals surface area contributed by atoms with Crippen LogP contribution in [0.1, 0.15) is 0 Å². The molecule has 0 spiro atoms. The average Bonchev–Trinajstić information content (AvgIpc) is 1.90. The van der Waals surface area contributed by atoms with E-state index in [1.807, 2.05) is 0 Å². The minimum atomic E-state index is 0.157. The Morgan fingerprint density at radius 1 is 1.56 bits per heavy atom. The van der Waals surface area contributed by atoms with E-state index in [-0.39, 0.29) is 5.75 Å². The average molecular weight is 123 g/mol. The fraction of sp³-hybridized carbons (Fsp3) is 0. The molecule has 0 aliphatic heterocycles. The Hall–Kier alpha value is -1.22. The standard InChI is InChI=1S/C6H5NO2/c7-5-1-3-6(9-8)4-2-5/h1-3H,7H2. The molecule has 0 aromatic heterocycles. The van der Waals surface area contributed by atoms with Gasteiger partial charge in [0.15, 0.2) is 5.75 Å². The van der Waals surface area contributed by atoms with Gasteiger partial charge in [0, 0.05) is 17.0 Å². The Morgan fingerprint density at radius 3 is 2.78 bits per heavy atom. The first-order valence-corrected chi connectivity index (χ1v) is 2.40. The van der Waals surface area contributed by atoms with Crippen LogP contribution < -0.4 is 10.6 Å². The highest BCUT2D eigenvalue weighted by Gasteiger charge is 1.89. The van der Waals surface area contributed by atoms with E-state index in [1.54, 1.807) is 6.07 Å². The van der Waals surface area contributed by atoms with Crippen molar-refractivity contribution in [3.05, 3.63) is 24.3 Å². The Balaban J connectivity index is 2.88. The van der Waals surface area contributed by atoms with Crippen LogP contribution in [-0.4, -0.2) is 0 Å². The van der Waals surface area contributed by atoms with E-state index < -0.39 is 0 Å². The highest BCUT2D eigenvalue weighted by Crippen LogP contribution is 2.10. The third kappa shape index (κ3) is 1.33. The molecule has 1 aromatic carbocycles. The summed E-state index contributed by atoms with van der Waals surface area (Å²) >= 11 is 0. The van der Waals surface area contributed by atoms with Crippen molar-refractivity contribution in [3.63, 3.8) is 0 Å². The van der Waals surface area contributed by atoms with Crippen molar-refractivity contribution in [1.29, 1.82) is 0 Å². The lowest BCUT2D eigenvalue weighted by Crippen LogP contribution is -1.84. The maximum Gasteiger partial charge on any atom is 0.176 e. The SMILES string of the molecule is Nc1c[c]c(O[O])cc1. The minimum absolute atomic E-state index is 0.157. The first-order valence-electron chi connectivity index (χ1n) is 2.40. The van der Waals surface area contributed by atoms with Crippen molar-refractivity contribution < 1.29 is 10.1 Å². The lowest BCUT2D eigenvalue weighted by Gasteiger charge is -1.91. The molecule has 0 heterocycles. The van der Waals surface area contributed by atoms with Gasteiger partial charge in [-0.25, -0.2) is 0 Å². The summed E-state index contributed by atoms with van der Waals surface area (Å²) in [7, 11) is 0. The van der Waals surface area contributed by atoms with E-state index in [1.165, 1.54) is 12.1 Å². The predicted molar refractivity (Wildman–Crippen MR) is 31.0 cm³/mol.